The molecule has 2 N–H and O–H groups in total. The number of amides is 1. The fourth-order valence-electron chi connectivity index (χ4n) is 4.84. The molecule has 5 unspecified atom stereocenters. The molecule has 1 saturated carbocycles. The lowest BCUT2D eigenvalue weighted by molar-refractivity contribution is -0.129. The summed E-state index contributed by atoms with van der Waals surface area (Å²) in [5.41, 5.74) is 1.70. The van der Waals surface area contributed by atoms with Gasteiger partial charge in [0.05, 0.1) is 18.8 Å². The second-order valence-corrected chi connectivity index (χ2v) is 9.85. The van der Waals surface area contributed by atoms with Crippen LogP contribution in [0.1, 0.15) is 64.7 Å². The Hall–Kier alpha value is -0.300. The number of hydrogen-bond acceptors (Lipinski definition) is 5. The number of hydroxylamine groups is 1. The van der Waals surface area contributed by atoms with Crippen molar-refractivity contribution < 1.29 is 19.5 Å². The summed E-state index contributed by atoms with van der Waals surface area (Å²) in [5.74, 6) is 2.81. The van der Waals surface area contributed by atoms with Gasteiger partial charge in [0.2, 0.25) is 5.91 Å². The number of thioether (sulfide) groups is 1. The van der Waals surface area contributed by atoms with Crippen LogP contribution in [-0.2, 0) is 14.3 Å². The lowest BCUT2D eigenvalue weighted by atomic mass is 9.81. The molecule has 5 atom stereocenters. The van der Waals surface area contributed by atoms with Crippen molar-refractivity contribution in [1.82, 2.24) is 5.48 Å². The molecule has 5 nitrogen and oxygen atoms in total. The summed E-state index contributed by atoms with van der Waals surface area (Å²) >= 11 is 2.01. The summed E-state index contributed by atoms with van der Waals surface area (Å²) in [7, 11) is 0. The van der Waals surface area contributed by atoms with Gasteiger partial charge in [-0.3, -0.25) is 10.0 Å². The van der Waals surface area contributed by atoms with Gasteiger partial charge in [0, 0.05) is 30.1 Å². The fourth-order valence-corrected chi connectivity index (χ4v) is 6.19. The van der Waals surface area contributed by atoms with E-state index in [1.807, 2.05) is 11.8 Å². The van der Waals surface area contributed by atoms with E-state index in [1.165, 1.54) is 38.5 Å². The Morgan fingerprint density at radius 3 is 2.65 bits per heavy atom. The first-order valence-electron chi connectivity index (χ1n) is 10.4. The lowest BCUT2D eigenvalue weighted by Gasteiger charge is -2.29. The number of rotatable bonds is 11. The Morgan fingerprint density at radius 1 is 1.19 bits per heavy atom. The van der Waals surface area contributed by atoms with E-state index in [0.29, 0.717) is 35.7 Å². The van der Waals surface area contributed by atoms with Crippen LogP contribution in [0.3, 0.4) is 0 Å². The first kappa shape index (κ1) is 20.4. The zero-order chi connectivity index (χ0) is 18.4. The monoisotopic (exact) mass is 385 g/mol. The Balaban J connectivity index is 1.36. The highest BCUT2D eigenvalue weighted by atomic mass is 32.2. The van der Waals surface area contributed by atoms with Crippen molar-refractivity contribution in [2.24, 2.45) is 17.8 Å². The quantitative estimate of drug-likeness (QED) is 0.418. The average Bonchev–Trinajstić information content (AvgIpc) is 3.37. The molecule has 2 aliphatic heterocycles. The molecule has 0 radical (unpaired) electrons. The third kappa shape index (κ3) is 5.60. The average molecular weight is 386 g/mol. The maximum atomic E-state index is 11.1. The van der Waals surface area contributed by atoms with Gasteiger partial charge in [-0.25, -0.2) is 5.48 Å². The van der Waals surface area contributed by atoms with Crippen LogP contribution in [0.2, 0.25) is 0 Å². The van der Waals surface area contributed by atoms with Gasteiger partial charge in [0.1, 0.15) is 0 Å². The maximum absolute atomic E-state index is 11.1. The molecule has 6 heteroatoms. The largest absolute Gasteiger partial charge is 0.381 e. The second kappa shape index (κ2) is 10.3. The van der Waals surface area contributed by atoms with Crippen LogP contribution in [0, 0.1) is 17.8 Å². The Bertz CT molecular complexity index is 444. The van der Waals surface area contributed by atoms with Gasteiger partial charge in [0.15, 0.2) is 0 Å². The highest BCUT2D eigenvalue weighted by molar-refractivity contribution is 7.99. The molecule has 0 aromatic carbocycles. The first-order chi connectivity index (χ1) is 12.7. The summed E-state index contributed by atoms with van der Waals surface area (Å²) < 4.78 is 12.3. The number of hydrogen-bond donors (Lipinski definition) is 2. The van der Waals surface area contributed by atoms with E-state index in [4.69, 9.17) is 14.7 Å². The first-order valence-corrected chi connectivity index (χ1v) is 11.5. The molecular formula is C20H35NO4S. The minimum Gasteiger partial charge on any atom is -0.381 e. The van der Waals surface area contributed by atoms with E-state index in [-0.39, 0.29) is 5.91 Å². The van der Waals surface area contributed by atoms with Crippen LogP contribution < -0.4 is 5.48 Å². The van der Waals surface area contributed by atoms with Crippen LogP contribution in [-0.4, -0.2) is 47.5 Å². The van der Waals surface area contributed by atoms with Crippen molar-refractivity contribution in [3.05, 3.63) is 0 Å². The van der Waals surface area contributed by atoms with Gasteiger partial charge in [-0.1, -0.05) is 19.8 Å². The summed E-state index contributed by atoms with van der Waals surface area (Å²) in [6.07, 6.45) is 10.9. The molecule has 150 valence electrons. The highest BCUT2D eigenvalue weighted by Gasteiger charge is 2.48. The maximum Gasteiger partial charge on any atom is 0.243 e. The highest BCUT2D eigenvalue weighted by Crippen LogP contribution is 2.45. The topological polar surface area (TPSA) is 67.8 Å². The Labute approximate surface area is 161 Å². The molecule has 2 heterocycles. The molecule has 26 heavy (non-hydrogen) atoms. The van der Waals surface area contributed by atoms with Gasteiger partial charge in [-0.15, -0.1) is 0 Å². The van der Waals surface area contributed by atoms with Crippen molar-refractivity contribution in [2.45, 2.75) is 82.2 Å². The van der Waals surface area contributed by atoms with E-state index < -0.39 is 0 Å². The molecule has 2 saturated heterocycles. The number of carbonyl (C=O) groups is 1. The minimum atomic E-state index is -0.289. The number of nitrogens with one attached hydrogen (secondary N) is 1. The predicted molar refractivity (Wildman–Crippen MR) is 103 cm³/mol. The summed E-state index contributed by atoms with van der Waals surface area (Å²) in [4.78, 5) is 11.1. The molecule has 3 rings (SSSR count). The van der Waals surface area contributed by atoms with Gasteiger partial charge < -0.3 is 9.47 Å². The molecule has 0 spiro atoms. The van der Waals surface area contributed by atoms with Crippen molar-refractivity contribution in [3.8, 4) is 0 Å². The van der Waals surface area contributed by atoms with Gasteiger partial charge in [0.25, 0.3) is 0 Å². The van der Waals surface area contributed by atoms with E-state index in [2.05, 4.69) is 6.92 Å². The molecule has 0 aromatic rings. The lowest BCUT2D eigenvalue weighted by Crippen LogP contribution is -2.33. The van der Waals surface area contributed by atoms with Crippen molar-refractivity contribution in [1.29, 1.82) is 0 Å². The molecule has 2 bridgehead atoms. The van der Waals surface area contributed by atoms with E-state index in [1.54, 1.807) is 5.48 Å². The van der Waals surface area contributed by atoms with Gasteiger partial charge >= 0.3 is 0 Å². The fraction of sp³-hybridized carbons (Fsp3) is 0.950. The van der Waals surface area contributed by atoms with Gasteiger partial charge in [-0.2, -0.15) is 11.8 Å². The molecule has 1 aliphatic carbocycles. The number of fused-ring (bicyclic) bond motifs is 2. The molecule has 1 amide bonds. The van der Waals surface area contributed by atoms with Crippen molar-refractivity contribution in [3.63, 3.8) is 0 Å². The number of carbonyl (C=O) groups excluding carboxylic acids is 1. The number of ether oxygens (including phenoxy) is 2. The Morgan fingerprint density at radius 2 is 1.92 bits per heavy atom. The summed E-state index contributed by atoms with van der Waals surface area (Å²) in [6.45, 7) is 4.05. The van der Waals surface area contributed by atoms with Crippen molar-refractivity contribution in [2.75, 3.05) is 19.0 Å². The zero-order valence-corrected chi connectivity index (χ0v) is 16.8. The van der Waals surface area contributed by atoms with E-state index >= 15 is 0 Å². The third-order valence-corrected chi connectivity index (χ3v) is 7.82. The molecular weight excluding hydrogens is 350 g/mol. The van der Waals surface area contributed by atoms with Crippen LogP contribution >= 0.6 is 11.8 Å². The predicted octanol–water partition coefficient (Wildman–Crippen LogP) is 3.78. The minimum absolute atomic E-state index is 0.289. The van der Waals surface area contributed by atoms with Crippen LogP contribution in [0.25, 0.3) is 0 Å². The van der Waals surface area contributed by atoms with Gasteiger partial charge in [-0.05, 0) is 50.2 Å². The molecule has 0 aromatic heterocycles. The van der Waals surface area contributed by atoms with Crippen LogP contribution in [0.15, 0.2) is 0 Å². The zero-order valence-electron chi connectivity index (χ0n) is 16.0. The SMILES string of the molecule is CC(CCCC(=O)NO)SCC1C2CCC(O2)C1COCC1CCCC1. The summed E-state index contributed by atoms with van der Waals surface area (Å²) in [6, 6.07) is 0. The molecule has 3 fully saturated rings. The smallest absolute Gasteiger partial charge is 0.243 e. The van der Waals surface area contributed by atoms with E-state index in [0.717, 1.165) is 37.7 Å². The Kier molecular flexibility index (Phi) is 8.10. The summed E-state index contributed by atoms with van der Waals surface area (Å²) in [5, 5.41) is 9.07. The van der Waals surface area contributed by atoms with Crippen LogP contribution in [0.4, 0.5) is 0 Å². The third-order valence-electron chi connectivity index (χ3n) is 6.44. The van der Waals surface area contributed by atoms with Crippen molar-refractivity contribution >= 4 is 17.7 Å². The van der Waals surface area contributed by atoms with E-state index in [9.17, 15) is 4.79 Å². The standard InChI is InChI=1S/C20H35NO4S/c1-14(5-4-8-20(22)21-23)26-13-17-16(18-9-10-19(17)25-18)12-24-11-15-6-2-3-7-15/h14-19,23H,2-13H2,1H3,(H,21,22). The van der Waals surface area contributed by atoms with Crippen LogP contribution in [0.5, 0.6) is 0 Å². The second-order valence-electron chi connectivity index (χ2n) is 8.38. The normalized spacial score (nSPS) is 32.2. The molecule has 3 aliphatic rings.